The first kappa shape index (κ1) is 21.2. The van der Waals surface area contributed by atoms with E-state index in [4.69, 9.17) is 0 Å². The summed E-state index contributed by atoms with van der Waals surface area (Å²) in [5.41, 5.74) is 3.29. The Morgan fingerprint density at radius 1 is 0.903 bits per heavy atom. The Bertz CT molecular complexity index is 1360. The fourth-order valence-electron chi connectivity index (χ4n) is 3.95. The number of nitrogens with one attached hydrogen (secondary N) is 1. The van der Waals surface area contributed by atoms with Gasteiger partial charge in [-0.1, -0.05) is 68.1 Å². The number of nitrogens with zero attached hydrogens (tertiary/aromatic N) is 1. The van der Waals surface area contributed by atoms with E-state index < -0.39 is 0 Å². The van der Waals surface area contributed by atoms with Gasteiger partial charge in [0.2, 0.25) is 0 Å². The van der Waals surface area contributed by atoms with E-state index in [1.807, 2.05) is 32.0 Å². The molecule has 5 heteroatoms. The van der Waals surface area contributed by atoms with Crippen molar-refractivity contribution >= 4 is 22.5 Å². The molecule has 0 aliphatic carbocycles. The zero-order valence-electron chi connectivity index (χ0n) is 18.2. The predicted octanol–water partition coefficient (Wildman–Crippen LogP) is 5.63. The van der Waals surface area contributed by atoms with Crippen LogP contribution >= 0.6 is 11.8 Å². The molecule has 0 saturated heterocycles. The van der Waals surface area contributed by atoms with Gasteiger partial charge in [0.25, 0.3) is 5.56 Å². The van der Waals surface area contributed by atoms with Crippen molar-refractivity contribution in [1.82, 2.24) is 9.55 Å². The molecule has 0 aliphatic rings. The summed E-state index contributed by atoms with van der Waals surface area (Å²) >= 11 is 1.49. The highest BCUT2D eigenvalue weighted by Crippen LogP contribution is 2.33. The van der Waals surface area contributed by atoms with E-state index in [0.717, 1.165) is 32.4 Å². The molecule has 0 bridgehead atoms. The number of aromatic nitrogens is 2. The third-order valence-electron chi connectivity index (χ3n) is 5.33. The lowest BCUT2D eigenvalue weighted by Crippen LogP contribution is -2.34. The Morgan fingerprint density at radius 3 is 2.26 bits per heavy atom. The van der Waals surface area contributed by atoms with Crippen LogP contribution in [0.2, 0.25) is 0 Å². The molecule has 31 heavy (non-hydrogen) atoms. The average molecular weight is 431 g/mol. The molecule has 0 atom stereocenters. The molecular formula is C26H26N2O2S. The monoisotopic (exact) mass is 430 g/mol. The standard InChI is InChI=1S/C26H26N2O2S/c1-16(2)23-24(29)27-26(30)28(25(23)31-22-12-17(3)11-18(4)13-22)15-19-9-10-20-7-5-6-8-21(20)14-19/h5-14,16H,15H2,1-4H3,(H,27,29,30). The van der Waals surface area contributed by atoms with E-state index in [0.29, 0.717) is 17.1 Å². The second-order valence-electron chi connectivity index (χ2n) is 8.33. The first-order valence-corrected chi connectivity index (χ1v) is 11.2. The smallest absolute Gasteiger partial charge is 0.283 e. The third kappa shape index (κ3) is 4.52. The molecular weight excluding hydrogens is 404 g/mol. The number of hydrogen-bond acceptors (Lipinski definition) is 3. The summed E-state index contributed by atoms with van der Waals surface area (Å²) in [6, 6.07) is 20.7. The van der Waals surface area contributed by atoms with Crippen LogP contribution < -0.4 is 11.2 Å². The lowest BCUT2D eigenvalue weighted by atomic mass is 10.1. The maximum absolute atomic E-state index is 12.9. The highest BCUT2D eigenvalue weighted by Gasteiger charge is 2.19. The van der Waals surface area contributed by atoms with Gasteiger partial charge in [0, 0.05) is 4.90 Å². The molecule has 4 rings (SSSR count). The van der Waals surface area contributed by atoms with Gasteiger partial charge < -0.3 is 0 Å². The van der Waals surface area contributed by atoms with Crippen molar-refractivity contribution in [3.63, 3.8) is 0 Å². The predicted molar refractivity (Wildman–Crippen MR) is 129 cm³/mol. The van der Waals surface area contributed by atoms with Crippen molar-refractivity contribution in [1.29, 1.82) is 0 Å². The topological polar surface area (TPSA) is 54.9 Å². The summed E-state index contributed by atoms with van der Waals surface area (Å²) in [6.07, 6.45) is 0. The van der Waals surface area contributed by atoms with E-state index in [1.54, 1.807) is 4.57 Å². The van der Waals surface area contributed by atoms with Gasteiger partial charge in [0.1, 0.15) is 0 Å². The summed E-state index contributed by atoms with van der Waals surface area (Å²) in [5, 5.41) is 3.00. The molecule has 3 aromatic carbocycles. The summed E-state index contributed by atoms with van der Waals surface area (Å²) in [7, 11) is 0. The van der Waals surface area contributed by atoms with Crippen molar-refractivity contribution in [2.24, 2.45) is 0 Å². The lowest BCUT2D eigenvalue weighted by Gasteiger charge is -2.18. The molecule has 0 aliphatic heterocycles. The Labute approximate surface area is 186 Å². The first-order chi connectivity index (χ1) is 14.8. The van der Waals surface area contributed by atoms with Crippen LogP contribution in [0.3, 0.4) is 0 Å². The number of fused-ring (bicyclic) bond motifs is 1. The number of rotatable bonds is 5. The number of benzene rings is 3. The van der Waals surface area contributed by atoms with E-state index in [9.17, 15) is 9.59 Å². The third-order valence-corrected chi connectivity index (χ3v) is 6.43. The average Bonchev–Trinajstić information content (AvgIpc) is 2.69. The van der Waals surface area contributed by atoms with Crippen LogP contribution in [0.5, 0.6) is 0 Å². The minimum absolute atomic E-state index is 0.0133. The molecule has 0 saturated carbocycles. The molecule has 0 unspecified atom stereocenters. The fraction of sp³-hybridized carbons (Fsp3) is 0.231. The van der Waals surface area contributed by atoms with Gasteiger partial charge in [0.05, 0.1) is 17.1 Å². The summed E-state index contributed by atoms with van der Waals surface area (Å²) in [4.78, 5) is 29.2. The zero-order chi connectivity index (χ0) is 22.1. The minimum atomic E-state index is -0.380. The van der Waals surface area contributed by atoms with E-state index >= 15 is 0 Å². The van der Waals surface area contributed by atoms with Crippen LogP contribution in [0.4, 0.5) is 0 Å². The van der Waals surface area contributed by atoms with Crippen molar-refractivity contribution in [3.8, 4) is 0 Å². The maximum atomic E-state index is 12.9. The van der Waals surface area contributed by atoms with Crippen molar-refractivity contribution in [3.05, 3.63) is 104 Å². The Hall–Kier alpha value is -3.05. The number of aryl methyl sites for hydroxylation is 2. The molecule has 1 N–H and O–H groups in total. The molecule has 4 nitrogen and oxygen atoms in total. The fourth-order valence-corrected chi connectivity index (χ4v) is 5.36. The van der Waals surface area contributed by atoms with Gasteiger partial charge in [-0.05, 0) is 65.4 Å². The second-order valence-corrected chi connectivity index (χ2v) is 9.39. The normalized spacial score (nSPS) is 11.4. The van der Waals surface area contributed by atoms with Crippen LogP contribution in [0.15, 0.2) is 80.2 Å². The zero-order valence-corrected chi connectivity index (χ0v) is 19.0. The van der Waals surface area contributed by atoms with Gasteiger partial charge in [-0.2, -0.15) is 0 Å². The molecule has 0 fully saturated rings. The van der Waals surface area contributed by atoms with Crippen molar-refractivity contribution in [2.45, 2.75) is 50.1 Å². The molecule has 0 radical (unpaired) electrons. The van der Waals surface area contributed by atoms with E-state index in [1.165, 1.54) is 11.8 Å². The van der Waals surface area contributed by atoms with Gasteiger partial charge in [-0.3, -0.25) is 14.3 Å². The van der Waals surface area contributed by atoms with Crippen LogP contribution in [0.1, 0.15) is 42.0 Å². The SMILES string of the molecule is Cc1cc(C)cc(Sc2c(C(C)C)c(=O)[nH]c(=O)n2Cc2ccc3ccccc3c2)c1. The van der Waals surface area contributed by atoms with E-state index in [2.05, 4.69) is 61.3 Å². The lowest BCUT2D eigenvalue weighted by molar-refractivity contribution is 0.617. The quantitative estimate of drug-likeness (QED) is 0.418. The van der Waals surface area contributed by atoms with Crippen LogP contribution in [0, 0.1) is 13.8 Å². The van der Waals surface area contributed by atoms with Gasteiger partial charge in [0.15, 0.2) is 0 Å². The van der Waals surface area contributed by atoms with Gasteiger partial charge in [-0.15, -0.1) is 0 Å². The maximum Gasteiger partial charge on any atom is 0.329 e. The summed E-state index contributed by atoms with van der Waals surface area (Å²) < 4.78 is 1.70. The molecule has 158 valence electrons. The van der Waals surface area contributed by atoms with Crippen LogP contribution in [-0.2, 0) is 6.54 Å². The Balaban J connectivity index is 1.86. The number of H-pyrrole nitrogens is 1. The van der Waals surface area contributed by atoms with Crippen LogP contribution in [-0.4, -0.2) is 9.55 Å². The number of hydrogen-bond donors (Lipinski definition) is 1. The highest BCUT2D eigenvalue weighted by molar-refractivity contribution is 7.99. The van der Waals surface area contributed by atoms with Gasteiger partial charge >= 0.3 is 5.69 Å². The largest absolute Gasteiger partial charge is 0.329 e. The van der Waals surface area contributed by atoms with E-state index in [-0.39, 0.29) is 17.2 Å². The molecule has 0 spiro atoms. The Morgan fingerprint density at radius 2 is 1.58 bits per heavy atom. The molecule has 4 aromatic rings. The van der Waals surface area contributed by atoms with Crippen molar-refractivity contribution < 1.29 is 0 Å². The minimum Gasteiger partial charge on any atom is -0.283 e. The van der Waals surface area contributed by atoms with Gasteiger partial charge in [-0.25, -0.2) is 4.79 Å². The first-order valence-electron chi connectivity index (χ1n) is 10.4. The highest BCUT2D eigenvalue weighted by atomic mass is 32.2. The molecule has 1 heterocycles. The Kier molecular flexibility index (Phi) is 5.88. The summed E-state index contributed by atoms with van der Waals surface area (Å²) in [5.74, 6) is -0.0133. The number of aromatic amines is 1. The molecule has 1 aromatic heterocycles. The summed E-state index contributed by atoms with van der Waals surface area (Å²) in [6.45, 7) is 8.48. The second kappa shape index (κ2) is 8.60. The van der Waals surface area contributed by atoms with Crippen LogP contribution in [0.25, 0.3) is 10.8 Å². The molecule has 0 amide bonds. The van der Waals surface area contributed by atoms with Crippen molar-refractivity contribution in [2.75, 3.05) is 0 Å².